The number of guanidine groups is 1. The van der Waals surface area contributed by atoms with Crippen molar-refractivity contribution in [1.82, 2.24) is 20.4 Å². The molecule has 0 spiro atoms. The molecule has 0 atom stereocenters. The highest BCUT2D eigenvalue weighted by atomic mass is 127. The minimum atomic E-state index is 0. The van der Waals surface area contributed by atoms with Crippen molar-refractivity contribution in [2.45, 2.75) is 24.2 Å². The SMILES string of the molecule is CN(C)C(=O)CN=C(NCCSc1ccccc1)NCCN1CCCCC1.I. The van der Waals surface area contributed by atoms with Gasteiger partial charge in [-0.15, -0.1) is 35.7 Å². The average Bonchev–Trinajstić information content (AvgIpc) is 2.70. The predicted molar refractivity (Wildman–Crippen MR) is 130 cm³/mol. The van der Waals surface area contributed by atoms with Gasteiger partial charge in [0.05, 0.1) is 0 Å². The number of thioether (sulfide) groups is 1. The molecule has 0 aliphatic carbocycles. The van der Waals surface area contributed by atoms with Crippen molar-refractivity contribution in [3.63, 3.8) is 0 Å². The highest BCUT2D eigenvalue weighted by Gasteiger charge is 2.10. The summed E-state index contributed by atoms with van der Waals surface area (Å²) in [5.41, 5.74) is 0. The van der Waals surface area contributed by atoms with E-state index in [9.17, 15) is 4.79 Å². The summed E-state index contributed by atoms with van der Waals surface area (Å²) in [6, 6.07) is 10.4. The molecule has 2 N–H and O–H groups in total. The van der Waals surface area contributed by atoms with Crippen LogP contribution in [0.3, 0.4) is 0 Å². The Morgan fingerprint density at radius 2 is 1.79 bits per heavy atom. The molecule has 1 saturated heterocycles. The first-order chi connectivity index (χ1) is 13.1. The summed E-state index contributed by atoms with van der Waals surface area (Å²) < 4.78 is 0. The van der Waals surface area contributed by atoms with Crippen molar-refractivity contribution in [1.29, 1.82) is 0 Å². The summed E-state index contributed by atoms with van der Waals surface area (Å²) in [6.45, 7) is 5.20. The molecule has 2 rings (SSSR count). The zero-order valence-electron chi connectivity index (χ0n) is 17.0. The van der Waals surface area contributed by atoms with E-state index in [2.05, 4.69) is 44.8 Å². The normalized spacial score (nSPS) is 14.9. The highest BCUT2D eigenvalue weighted by Crippen LogP contribution is 2.15. The number of likely N-dealkylation sites (N-methyl/N-ethyl adjacent to an activating group) is 1. The third kappa shape index (κ3) is 10.5. The Balaban J connectivity index is 0.00000392. The number of benzene rings is 1. The third-order valence-electron chi connectivity index (χ3n) is 4.45. The molecular weight excluding hydrogens is 485 g/mol. The van der Waals surface area contributed by atoms with Crippen LogP contribution < -0.4 is 10.6 Å². The van der Waals surface area contributed by atoms with Gasteiger partial charge in [-0.05, 0) is 38.1 Å². The van der Waals surface area contributed by atoms with Crippen LogP contribution in [0, 0.1) is 0 Å². The molecule has 1 heterocycles. The highest BCUT2D eigenvalue weighted by molar-refractivity contribution is 14.0. The molecule has 0 unspecified atom stereocenters. The average molecular weight is 519 g/mol. The second-order valence-corrected chi connectivity index (χ2v) is 8.04. The molecule has 0 radical (unpaired) electrons. The van der Waals surface area contributed by atoms with Gasteiger partial charge in [0.2, 0.25) is 5.91 Å². The van der Waals surface area contributed by atoms with Gasteiger partial charge in [0.1, 0.15) is 6.54 Å². The minimum Gasteiger partial charge on any atom is -0.356 e. The number of hydrogen-bond donors (Lipinski definition) is 2. The Morgan fingerprint density at radius 3 is 2.46 bits per heavy atom. The fraction of sp³-hybridized carbons (Fsp3) is 0.600. The second kappa shape index (κ2) is 14.9. The van der Waals surface area contributed by atoms with Crippen LogP contribution in [0.15, 0.2) is 40.2 Å². The van der Waals surface area contributed by atoms with Crippen molar-refractivity contribution in [3.05, 3.63) is 30.3 Å². The summed E-state index contributed by atoms with van der Waals surface area (Å²) in [7, 11) is 3.51. The molecule has 1 amide bonds. The Labute approximate surface area is 190 Å². The van der Waals surface area contributed by atoms with E-state index in [4.69, 9.17) is 0 Å². The number of rotatable bonds is 9. The first-order valence-corrected chi connectivity index (χ1v) is 10.8. The van der Waals surface area contributed by atoms with E-state index in [0.29, 0.717) is 0 Å². The number of amides is 1. The van der Waals surface area contributed by atoms with E-state index in [-0.39, 0.29) is 36.4 Å². The van der Waals surface area contributed by atoms with E-state index < -0.39 is 0 Å². The maximum atomic E-state index is 11.8. The largest absolute Gasteiger partial charge is 0.356 e. The van der Waals surface area contributed by atoms with Crippen LogP contribution in [0.4, 0.5) is 0 Å². The summed E-state index contributed by atoms with van der Waals surface area (Å²) >= 11 is 1.81. The van der Waals surface area contributed by atoms with Crippen molar-refractivity contribution in [2.24, 2.45) is 4.99 Å². The molecule has 1 aromatic carbocycles. The van der Waals surface area contributed by atoms with Crippen molar-refractivity contribution in [3.8, 4) is 0 Å². The number of carbonyl (C=O) groups is 1. The molecule has 1 aliphatic heterocycles. The second-order valence-electron chi connectivity index (χ2n) is 6.87. The molecule has 158 valence electrons. The van der Waals surface area contributed by atoms with E-state index in [1.54, 1.807) is 19.0 Å². The lowest BCUT2D eigenvalue weighted by Gasteiger charge is -2.26. The van der Waals surface area contributed by atoms with Crippen LogP contribution in [-0.2, 0) is 4.79 Å². The standard InChI is InChI=1S/C20H33N5OS.HI/c1-24(2)19(26)17-23-20(21-11-15-25-13-7-4-8-14-25)22-12-16-27-18-9-5-3-6-10-18;/h3,5-6,9-10H,4,7-8,11-17H2,1-2H3,(H2,21,22,23);1H. The Bertz CT molecular complexity index is 579. The van der Waals surface area contributed by atoms with Crippen molar-refractivity contribution >= 4 is 47.6 Å². The number of likely N-dealkylation sites (tertiary alicyclic amines) is 1. The molecule has 28 heavy (non-hydrogen) atoms. The minimum absolute atomic E-state index is 0. The van der Waals surface area contributed by atoms with Gasteiger partial charge < -0.3 is 20.4 Å². The molecule has 8 heteroatoms. The van der Waals surface area contributed by atoms with E-state index >= 15 is 0 Å². The van der Waals surface area contributed by atoms with Crippen LogP contribution in [0.1, 0.15) is 19.3 Å². The van der Waals surface area contributed by atoms with Crippen LogP contribution in [-0.4, -0.2) is 80.8 Å². The number of piperidine rings is 1. The number of carbonyl (C=O) groups excluding carboxylic acids is 1. The van der Waals surface area contributed by atoms with Gasteiger partial charge in [0, 0.05) is 44.4 Å². The summed E-state index contributed by atoms with van der Waals surface area (Å²) in [5.74, 6) is 1.67. The van der Waals surface area contributed by atoms with Crippen molar-refractivity contribution < 1.29 is 4.79 Å². The van der Waals surface area contributed by atoms with Crippen LogP contribution in [0.2, 0.25) is 0 Å². The van der Waals surface area contributed by atoms with Gasteiger partial charge in [-0.3, -0.25) is 4.79 Å². The molecule has 0 bridgehead atoms. The number of halogens is 1. The first-order valence-electron chi connectivity index (χ1n) is 9.77. The number of aliphatic imine (C=N–C) groups is 1. The fourth-order valence-electron chi connectivity index (χ4n) is 2.83. The van der Waals surface area contributed by atoms with Crippen LogP contribution >= 0.6 is 35.7 Å². The Kier molecular flexibility index (Phi) is 13.3. The molecule has 1 aromatic rings. The quantitative estimate of drug-likeness (QED) is 0.173. The topological polar surface area (TPSA) is 60.0 Å². The van der Waals surface area contributed by atoms with Gasteiger partial charge >= 0.3 is 0 Å². The van der Waals surface area contributed by atoms with Gasteiger partial charge in [-0.1, -0.05) is 24.6 Å². The molecular formula is C20H34IN5OS. The zero-order valence-corrected chi connectivity index (χ0v) is 20.2. The summed E-state index contributed by atoms with van der Waals surface area (Å²) in [5, 5.41) is 6.73. The maximum Gasteiger partial charge on any atom is 0.243 e. The lowest BCUT2D eigenvalue weighted by atomic mass is 10.1. The molecule has 0 saturated carbocycles. The molecule has 1 fully saturated rings. The van der Waals surface area contributed by atoms with E-state index in [1.165, 1.54) is 37.2 Å². The van der Waals surface area contributed by atoms with Crippen molar-refractivity contribution in [2.75, 3.05) is 59.1 Å². The zero-order chi connectivity index (χ0) is 19.3. The van der Waals surface area contributed by atoms with Gasteiger partial charge in [-0.2, -0.15) is 0 Å². The lowest BCUT2D eigenvalue weighted by molar-refractivity contribution is -0.127. The number of nitrogens with zero attached hydrogens (tertiary/aromatic N) is 3. The molecule has 6 nitrogen and oxygen atoms in total. The summed E-state index contributed by atoms with van der Waals surface area (Å²) in [6.07, 6.45) is 3.95. The van der Waals surface area contributed by atoms with Crippen LogP contribution in [0.25, 0.3) is 0 Å². The first kappa shape index (κ1) is 25.0. The number of nitrogens with one attached hydrogen (secondary N) is 2. The van der Waals surface area contributed by atoms with E-state index in [0.717, 1.165) is 31.3 Å². The van der Waals surface area contributed by atoms with Gasteiger partial charge in [-0.25, -0.2) is 4.99 Å². The van der Waals surface area contributed by atoms with E-state index in [1.807, 2.05) is 17.8 Å². The smallest absolute Gasteiger partial charge is 0.243 e. The molecule has 1 aliphatic rings. The third-order valence-corrected chi connectivity index (χ3v) is 5.46. The maximum absolute atomic E-state index is 11.8. The van der Waals surface area contributed by atoms with Crippen LogP contribution in [0.5, 0.6) is 0 Å². The van der Waals surface area contributed by atoms with Gasteiger partial charge in [0.15, 0.2) is 5.96 Å². The molecule has 0 aromatic heterocycles. The number of hydrogen-bond acceptors (Lipinski definition) is 4. The Hall–Kier alpha value is -1.000. The predicted octanol–water partition coefficient (Wildman–Crippen LogP) is 2.51. The Morgan fingerprint density at radius 1 is 1.11 bits per heavy atom. The monoisotopic (exact) mass is 519 g/mol. The lowest BCUT2D eigenvalue weighted by Crippen LogP contribution is -2.43. The van der Waals surface area contributed by atoms with Gasteiger partial charge in [0.25, 0.3) is 0 Å². The fourth-order valence-corrected chi connectivity index (χ4v) is 3.62. The summed E-state index contributed by atoms with van der Waals surface area (Å²) in [4.78, 5) is 21.6.